The molecular formula is C21H17Cl2FN3O3Si. The maximum Gasteiger partial charge on any atom is 0.283 e. The van der Waals surface area contributed by atoms with Gasteiger partial charge in [0.25, 0.3) is 5.91 Å². The van der Waals surface area contributed by atoms with Crippen molar-refractivity contribution in [2.24, 2.45) is 4.99 Å². The number of carbonyl (C=O) groups excluding carboxylic acids is 1. The molecule has 2 heterocycles. The van der Waals surface area contributed by atoms with E-state index in [-0.39, 0.29) is 23.4 Å². The van der Waals surface area contributed by atoms with Gasteiger partial charge in [0, 0.05) is 34.1 Å². The van der Waals surface area contributed by atoms with Gasteiger partial charge in [-0.1, -0.05) is 29.3 Å². The smallest absolute Gasteiger partial charge is 0.283 e. The minimum Gasteiger partial charge on any atom is -0.484 e. The Labute approximate surface area is 191 Å². The lowest BCUT2D eigenvalue weighted by atomic mass is 9.94. The Balaban J connectivity index is 1.32. The maximum absolute atomic E-state index is 13.4. The lowest BCUT2D eigenvalue weighted by Gasteiger charge is -2.34. The average molecular weight is 477 g/mol. The highest BCUT2D eigenvalue weighted by molar-refractivity contribution is 6.34. The van der Waals surface area contributed by atoms with Gasteiger partial charge in [0.15, 0.2) is 12.2 Å². The number of aromatic nitrogens is 1. The van der Waals surface area contributed by atoms with Crippen LogP contribution < -0.4 is 10.1 Å². The minimum atomic E-state index is -0.613. The molecular weight excluding hydrogens is 460 g/mol. The van der Waals surface area contributed by atoms with Crippen LogP contribution in [0.3, 0.4) is 0 Å². The standard InChI is InChI=1S/C21H17Cl2FN3O3Si/c22-13-5-4-12(8-15(13)24)29-9-18(28)26-11-21(31)7-6-17(25-10-21)20-27-16-3-1-2-14(23)19(16)30-20/h1-5,8,11,17,25H,6-7,9-10H2/t17-,21?/m1/s1. The Kier molecular flexibility index (Phi) is 6.43. The molecule has 10 heteroatoms. The van der Waals surface area contributed by atoms with Gasteiger partial charge in [-0.15, -0.1) is 0 Å². The van der Waals surface area contributed by atoms with E-state index in [0.29, 0.717) is 41.4 Å². The predicted molar refractivity (Wildman–Crippen MR) is 118 cm³/mol. The Hall–Kier alpha value is -2.26. The summed E-state index contributed by atoms with van der Waals surface area (Å²) >= 11 is 11.8. The third-order valence-electron chi connectivity index (χ3n) is 4.93. The second-order valence-electron chi connectivity index (χ2n) is 7.29. The van der Waals surface area contributed by atoms with Crippen LogP contribution in [0.4, 0.5) is 4.39 Å². The highest BCUT2D eigenvalue weighted by Gasteiger charge is 2.32. The number of rotatable bonds is 5. The first-order valence-corrected chi connectivity index (χ1v) is 10.8. The maximum atomic E-state index is 13.4. The third-order valence-corrected chi connectivity index (χ3v) is 6.09. The van der Waals surface area contributed by atoms with Crippen molar-refractivity contribution in [1.82, 2.24) is 10.3 Å². The number of nitrogens with one attached hydrogen (secondary N) is 1. The summed E-state index contributed by atoms with van der Waals surface area (Å²) in [7, 11) is 3.70. The van der Waals surface area contributed by atoms with E-state index in [2.05, 4.69) is 25.5 Å². The minimum absolute atomic E-state index is 0.0123. The Morgan fingerprint density at radius 3 is 2.94 bits per heavy atom. The number of hydrogen-bond acceptors (Lipinski definition) is 5. The van der Waals surface area contributed by atoms with Gasteiger partial charge in [0.2, 0.25) is 5.89 Å². The molecule has 1 aliphatic rings. The number of ether oxygens (including phenoxy) is 1. The zero-order valence-corrected chi connectivity index (χ0v) is 18.7. The number of para-hydroxylation sites is 1. The second kappa shape index (κ2) is 9.08. The molecule has 0 saturated carbocycles. The van der Waals surface area contributed by atoms with Gasteiger partial charge in [-0.2, -0.15) is 0 Å². The van der Waals surface area contributed by atoms with Crippen LogP contribution in [0.2, 0.25) is 15.1 Å². The predicted octanol–water partition coefficient (Wildman–Crippen LogP) is 4.70. The van der Waals surface area contributed by atoms with Crippen LogP contribution in [0.1, 0.15) is 24.8 Å². The summed E-state index contributed by atoms with van der Waals surface area (Å²) in [4.78, 5) is 20.5. The summed E-state index contributed by atoms with van der Waals surface area (Å²) in [6, 6.07) is 9.34. The highest BCUT2D eigenvalue weighted by Crippen LogP contribution is 2.36. The van der Waals surface area contributed by atoms with E-state index in [9.17, 15) is 9.18 Å². The lowest BCUT2D eigenvalue weighted by molar-refractivity contribution is -0.119. The quantitative estimate of drug-likeness (QED) is 0.426. The SMILES string of the molecule is O=C(COc1ccc(Cl)c(F)c1)N=CC1([Si])CC[C@H](c2nc3cccc(Cl)c3o2)NC1. The van der Waals surface area contributed by atoms with Gasteiger partial charge in [0.05, 0.1) is 16.1 Å². The highest BCUT2D eigenvalue weighted by atomic mass is 35.5. The van der Waals surface area contributed by atoms with Crippen molar-refractivity contribution in [1.29, 1.82) is 0 Å². The van der Waals surface area contributed by atoms with E-state index in [1.54, 1.807) is 12.3 Å². The van der Waals surface area contributed by atoms with Crippen LogP contribution in [-0.2, 0) is 4.79 Å². The number of benzene rings is 2. The molecule has 2 aromatic carbocycles. The van der Waals surface area contributed by atoms with Crippen molar-refractivity contribution < 1.29 is 18.3 Å². The van der Waals surface area contributed by atoms with Crippen molar-refractivity contribution in [3.05, 3.63) is 58.2 Å². The molecule has 1 aliphatic heterocycles. The van der Waals surface area contributed by atoms with Gasteiger partial charge >= 0.3 is 0 Å². The number of hydrogen-bond donors (Lipinski definition) is 1. The zero-order valence-electron chi connectivity index (χ0n) is 16.2. The zero-order chi connectivity index (χ0) is 22.0. The molecule has 0 bridgehead atoms. The number of aliphatic imine (C=N–C) groups is 1. The number of oxazole rings is 1. The number of piperidine rings is 1. The van der Waals surface area contributed by atoms with E-state index in [1.807, 2.05) is 12.1 Å². The van der Waals surface area contributed by atoms with E-state index in [4.69, 9.17) is 32.4 Å². The number of carbonyl (C=O) groups is 1. The molecule has 4 rings (SSSR count). The molecule has 1 aromatic heterocycles. The van der Waals surface area contributed by atoms with Crippen molar-refractivity contribution in [2.45, 2.75) is 23.9 Å². The van der Waals surface area contributed by atoms with E-state index >= 15 is 0 Å². The van der Waals surface area contributed by atoms with E-state index < -0.39 is 16.8 Å². The lowest BCUT2D eigenvalue weighted by Crippen LogP contribution is -2.39. The fraction of sp³-hybridized carbons (Fsp3) is 0.286. The average Bonchev–Trinajstić information content (AvgIpc) is 3.19. The second-order valence-corrected chi connectivity index (χ2v) is 9.10. The van der Waals surface area contributed by atoms with Crippen molar-refractivity contribution >= 4 is 56.7 Å². The molecule has 1 amide bonds. The van der Waals surface area contributed by atoms with Crippen LogP contribution in [0.5, 0.6) is 5.75 Å². The monoisotopic (exact) mass is 476 g/mol. The van der Waals surface area contributed by atoms with Crippen molar-refractivity contribution in [3.8, 4) is 5.75 Å². The summed E-state index contributed by atoms with van der Waals surface area (Å²) < 4.78 is 24.5. The molecule has 159 valence electrons. The molecule has 0 spiro atoms. The Bertz CT molecular complexity index is 1150. The number of halogens is 3. The number of amides is 1. The van der Waals surface area contributed by atoms with Gasteiger partial charge < -0.3 is 14.5 Å². The first-order chi connectivity index (χ1) is 14.8. The summed E-state index contributed by atoms with van der Waals surface area (Å²) in [5.74, 6) is -0.311. The summed E-state index contributed by atoms with van der Waals surface area (Å²) in [5.41, 5.74) is 1.29. The molecule has 2 atom stereocenters. The molecule has 6 nitrogen and oxygen atoms in total. The molecule has 1 N–H and O–H groups in total. The molecule has 3 aromatic rings. The van der Waals surface area contributed by atoms with Crippen molar-refractivity contribution in [3.63, 3.8) is 0 Å². The molecule has 1 unspecified atom stereocenters. The van der Waals surface area contributed by atoms with Gasteiger partial charge in [0.1, 0.15) is 17.1 Å². The topological polar surface area (TPSA) is 76.7 Å². The van der Waals surface area contributed by atoms with E-state index in [1.165, 1.54) is 12.1 Å². The Morgan fingerprint density at radius 2 is 2.23 bits per heavy atom. The summed E-state index contributed by atoms with van der Waals surface area (Å²) in [6.07, 6.45) is 2.98. The largest absolute Gasteiger partial charge is 0.484 e. The fourth-order valence-corrected chi connectivity index (χ4v) is 3.88. The van der Waals surface area contributed by atoms with Gasteiger partial charge in [-0.25, -0.2) is 14.4 Å². The Morgan fingerprint density at radius 1 is 1.39 bits per heavy atom. The van der Waals surface area contributed by atoms with Crippen LogP contribution in [-0.4, -0.2) is 40.5 Å². The normalized spacial score (nSPS) is 21.6. The third kappa shape index (κ3) is 5.15. The molecule has 1 fully saturated rings. The molecule has 1 saturated heterocycles. The van der Waals surface area contributed by atoms with Gasteiger partial charge in [-0.05, 0) is 37.1 Å². The summed E-state index contributed by atoms with van der Waals surface area (Å²) in [6.45, 7) is 0.209. The van der Waals surface area contributed by atoms with Crippen LogP contribution in [0, 0.1) is 5.82 Å². The molecule has 0 aliphatic carbocycles. The van der Waals surface area contributed by atoms with Crippen LogP contribution >= 0.6 is 23.2 Å². The molecule has 31 heavy (non-hydrogen) atoms. The van der Waals surface area contributed by atoms with E-state index in [0.717, 1.165) is 6.07 Å². The summed E-state index contributed by atoms with van der Waals surface area (Å²) in [5, 5.41) is 3.38. The van der Waals surface area contributed by atoms with Crippen molar-refractivity contribution in [2.75, 3.05) is 13.2 Å². The van der Waals surface area contributed by atoms with Crippen LogP contribution in [0.25, 0.3) is 11.1 Å². The first kappa shape index (κ1) is 21.9. The van der Waals surface area contributed by atoms with Crippen LogP contribution in [0.15, 0.2) is 45.8 Å². The first-order valence-electron chi connectivity index (χ1n) is 9.52. The molecule has 3 radical (unpaired) electrons. The van der Waals surface area contributed by atoms with Gasteiger partial charge in [-0.3, -0.25) is 4.79 Å². The number of nitrogens with zero attached hydrogens (tertiary/aromatic N) is 2. The fourth-order valence-electron chi connectivity index (χ4n) is 3.24. The number of fused-ring (bicyclic) bond motifs is 1.